The molecule has 0 aromatic heterocycles. The Morgan fingerprint density at radius 2 is 1.90 bits per heavy atom. The zero-order valence-corrected chi connectivity index (χ0v) is 12.3. The van der Waals surface area contributed by atoms with E-state index in [1.807, 2.05) is 12.1 Å². The number of allylic oxidation sites excluding steroid dienone is 1. The zero-order chi connectivity index (χ0) is 15.1. The van der Waals surface area contributed by atoms with Gasteiger partial charge >= 0.3 is 11.9 Å². The second-order valence-electron chi connectivity index (χ2n) is 4.94. The fourth-order valence-electron chi connectivity index (χ4n) is 2.54. The summed E-state index contributed by atoms with van der Waals surface area (Å²) >= 11 is 5.90. The fourth-order valence-corrected chi connectivity index (χ4v) is 2.67. The number of halogens is 1. The number of carbonyl (C=O) groups is 2. The quantitative estimate of drug-likeness (QED) is 0.746. The minimum Gasteiger partial charge on any atom is -0.255 e. The molecule has 5 nitrogen and oxygen atoms in total. The number of dihydropyridines is 1. The van der Waals surface area contributed by atoms with Gasteiger partial charge < -0.3 is 0 Å². The predicted molar refractivity (Wildman–Crippen MR) is 80.8 cm³/mol. The van der Waals surface area contributed by atoms with E-state index in [4.69, 9.17) is 11.6 Å². The predicted octanol–water partition coefficient (Wildman–Crippen LogP) is 2.06. The maximum Gasteiger partial charge on any atom is 0.445 e. The molecule has 0 aliphatic carbocycles. The van der Waals surface area contributed by atoms with E-state index in [1.54, 1.807) is 31.5 Å². The normalized spacial score (nSPS) is 21.6. The summed E-state index contributed by atoms with van der Waals surface area (Å²) in [6.07, 6.45) is 3.41. The second-order valence-corrected chi connectivity index (χ2v) is 5.37. The highest BCUT2D eigenvalue weighted by Gasteiger charge is 2.46. The summed E-state index contributed by atoms with van der Waals surface area (Å²) in [6.45, 7) is 0. The van der Waals surface area contributed by atoms with Crippen LogP contribution in [-0.4, -0.2) is 47.6 Å². The van der Waals surface area contributed by atoms with Crippen LogP contribution < -0.4 is 0 Å². The molecule has 0 saturated carbocycles. The molecule has 0 spiro atoms. The van der Waals surface area contributed by atoms with Crippen LogP contribution in [0.15, 0.2) is 35.3 Å². The van der Waals surface area contributed by atoms with Crippen molar-refractivity contribution in [3.63, 3.8) is 0 Å². The number of urea groups is 1. The van der Waals surface area contributed by atoms with Crippen LogP contribution in [0.25, 0.3) is 5.57 Å². The summed E-state index contributed by atoms with van der Waals surface area (Å²) in [5.41, 5.74) is 1.70. The third-order valence-corrected chi connectivity index (χ3v) is 3.95. The maximum atomic E-state index is 12.5. The van der Waals surface area contributed by atoms with Gasteiger partial charge in [0, 0.05) is 5.02 Å². The molecule has 0 bridgehead atoms. The van der Waals surface area contributed by atoms with Crippen molar-refractivity contribution >= 4 is 41.2 Å². The summed E-state index contributed by atoms with van der Waals surface area (Å²) in [5, 5.41) is 0.632. The average Bonchev–Trinajstić information content (AvgIpc) is 2.51. The van der Waals surface area contributed by atoms with E-state index in [9.17, 15) is 9.59 Å². The zero-order valence-electron chi connectivity index (χ0n) is 11.6. The number of aliphatic imine (C=N–C) groups is 1. The van der Waals surface area contributed by atoms with Gasteiger partial charge in [0.25, 0.3) is 5.84 Å². The van der Waals surface area contributed by atoms with Crippen molar-refractivity contribution in [3.8, 4) is 0 Å². The molecule has 1 aromatic rings. The number of rotatable bonds is 1. The Balaban J connectivity index is 2.14. The number of benzene rings is 1. The monoisotopic (exact) mass is 302 g/mol. The Morgan fingerprint density at radius 1 is 1.24 bits per heavy atom. The summed E-state index contributed by atoms with van der Waals surface area (Å²) in [5.74, 6) is -0.384. The highest BCUT2D eigenvalue weighted by Crippen LogP contribution is 2.31. The van der Waals surface area contributed by atoms with Crippen molar-refractivity contribution in [1.29, 1.82) is 0 Å². The van der Waals surface area contributed by atoms with E-state index in [2.05, 4.69) is 4.99 Å². The number of hydrogen-bond donors (Lipinski definition) is 0. The summed E-state index contributed by atoms with van der Waals surface area (Å²) in [7, 11) is 3.10. The molecule has 1 aromatic carbocycles. The van der Waals surface area contributed by atoms with Crippen molar-refractivity contribution in [2.24, 2.45) is 10.9 Å². The lowest BCUT2D eigenvalue weighted by Crippen LogP contribution is -2.52. The molecule has 1 unspecified atom stereocenters. The highest BCUT2D eigenvalue weighted by atomic mass is 35.5. The number of fused-ring (bicyclic) bond motifs is 1. The number of carbonyl (C=O) groups excluding carboxylic acids is 2. The van der Waals surface area contributed by atoms with Crippen LogP contribution in [0, 0.1) is 5.92 Å². The van der Waals surface area contributed by atoms with E-state index >= 15 is 0 Å². The molecule has 0 N–H and O–H groups in total. The van der Waals surface area contributed by atoms with E-state index in [0.717, 1.165) is 16.0 Å². The number of amides is 3. The van der Waals surface area contributed by atoms with Gasteiger partial charge in [0.2, 0.25) is 0 Å². The fraction of sp³-hybridized carbons (Fsp3) is 0.200. The van der Waals surface area contributed by atoms with Crippen molar-refractivity contribution in [1.82, 2.24) is 4.90 Å². The van der Waals surface area contributed by atoms with Crippen LogP contribution in [0.3, 0.4) is 0 Å². The Bertz CT molecular complexity index is 732. The molecule has 2 aliphatic heterocycles. The molecule has 3 amide bonds. The number of imide groups is 1. The van der Waals surface area contributed by atoms with Gasteiger partial charge in [0.05, 0.1) is 14.1 Å². The first kappa shape index (κ1) is 13.7. The molecule has 3 rings (SSSR count). The first-order valence-electron chi connectivity index (χ1n) is 6.43. The Labute approximate surface area is 126 Å². The first-order chi connectivity index (χ1) is 10.0. The standard InChI is InChI=1S/C15H13ClN3O2/c1-18-13-12(14(20)19(2)15(18)21)11(7-8-17-13)9-3-5-10(16)6-4-9/h3-8,12H,1-2H3/q+1. The Morgan fingerprint density at radius 3 is 2.57 bits per heavy atom. The van der Waals surface area contributed by atoms with Crippen LogP contribution in [0.4, 0.5) is 4.79 Å². The lowest BCUT2D eigenvalue weighted by molar-refractivity contribution is -0.407. The summed E-state index contributed by atoms with van der Waals surface area (Å²) in [6, 6.07) is 6.88. The van der Waals surface area contributed by atoms with E-state index in [0.29, 0.717) is 10.9 Å². The van der Waals surface area contributed by atoms with Crippen molar-refractivity contribution in [3.05, 3.63) is 40.9 Å². The Hall–Kier alpha value is -2.27. The molecule has 2 heterocycles. The molecule has 6 heteroatoms. The van der Waals surface area contributed by atoms with Gasteiger partial charge in [-0.05, 0) is 29.3 Å². The van der Waals surface area contributed by atoms with Gasteiger partial charge in [-0.1, -0.05) is 23.7 Å². The minimum atomic E-state index is -0.566. The lowest BCUT2D eigenvalue weighted by atomic mass is 9.87. The third-order valence-electron chi connectivity index (χ3n) is 3.70. The van der Waals surface area contributed by atoms with Crippen LogP contribution in [0.1, 0.15) is 5.56 Å². The summed E-state index contributed by atoms with van der Waals surface area (Å²) < 4.78 is 1.41. The SMILES string of the molecule is CN1C(=O)C2C(c3ccc(Cl)cc3)=CC=NC2=[N+](C)C1=O. The van der Waals surface area contributed by atoms with Gasteiger partial charge in [-0.25, -0.2) is 4.79 Å². The maximum absolute atomic E-state index is 12.5. The number of hydrogen-bond acceptors (Lipinski definition) is 3. The Kier molecular flexibility index (Phi) is 3.22. The second kappa shape index (κ2) is 4.93. The average molecular weight is 303 g/mol. The van der Waals surface area contributed by atoms with Crippen LogP contribution in [0.2, 0.25) is 5.02 Å². The molecular formula is C15H13ClN3O2+. The minimum absolute atomic E-state index is 0.272. The molecule has 1 atom stereocenters. The molecule has 21 heavy (non-hydrogen) atoms. The highest BCUT2D eigenvalue weighted by molar-refractivity contribution is 6.30. The van der Waals surface area contributed by atoms with Crippen LogP contribution >= 0.6 is 11.6 Å². The van der Waals surface area contributed by atoms with E-state index in [-0.39, 0.29) is 11.9 Å². The number of nitrogens with zero attached hydrogens (tertiary/aromatic N) is 3. The lowest BCUT2D eigenvalue weighted by Gasteiger charge is -2.26. The van der Waals surface area contributed by atoms with Gasteiger partial charge in [0.1, 0.15) is 6.21 Å². The topological polar surface area (TPSA) is 52.8 Å². The summed E-state index contributed by atoms with van der Waals surface area (Å²) in [4.78, 5) is 29.8. The van der Waals surface area contributed by atoms with Crippen LogP contribution in [0.5, 0.6) is 0 Å². The van der Waals surface area contributed by atoms with Gasteiger partial charge in [-0.3, -0.25) is 4.79 Å². The first-order valence-corrected chi connectivity index (χ1v) is 6.81. The molecular weight excluding hydrogens is 290 g/mol. The van der Waals surface area contributed by atoms with Gasteiger partial charge in [-0.15, -0.1) is 4.99 Å². The van der Waals surface area contributed by atoms with Gasteiger partial charge in [-0.2, -0.15) is 9.48 Å². The molecule has 106 valence electrons. The van der Waals surface area contributed by atoms with Crippen molar-refractivity contribution in [2.45, 2.75) is 0 Å². The molecule has 0 fully saturated rings. The molecule has 2 aliphatic rings. The third kappa shape index (κ3) is 2.10. The number of amidine groups is 1. The largest absolute Gasteiger partial charge is 0.445 e. The van der Waals surface area contributed by atoms with Crippen molar-refractivity contribution in [2.75, 3.05) is 14.1 Å². The van der Waals surface area contributed by atoms with Gasteiger partial charge in [0.15, 0.2) is 5.92 Å². The van der Waals surface area contributed by atoms with Crippen LogP contribution in [-0.2, 0) is 4.79 Å². The molecule has 0 saturated heterocycles. The molecule has 0 radical (unpaired) electrons. The van der Waals surface area contributed by atoms with E-state index < -0.39 is 5.92 Å². The smallest absolute Gasteiger partial charge is 0.255 e. The van der Waals surface area contributed by atoms with Crippen molar-refractivity contribution < 1.29 is 14.2 Å². The van der Waals surface area contributed by atoms with E-state index in [1.165, 1.54) is 11.6 Å².